The normalized spacial score (nSPS) is 8.88. The average Bonchev–Trinajstić information content (AvgIpc) is 2.57. The molecule has 2 rings (SSSR count). The zero-order valence-corrected chi connectivity index (χ0v) is 16.8. The predicted molar refractivity (Wildman–Crippen MR) is 105 cm³/mol. The molecule has 2 aromatic rings. The second-order valence-electron chi connectivity index (χ2n) is 4.53. The number of phenols is 1. The van der Waals surface area contributed by atoms with Gasteiger partial charge in [-0.3, -0.25) is 9.59 Å². The van der Waals surface area contributed by atoms with Crippen molar-refractivity contribution in [2.45, 2.75) is 6.92 Å². The van der Waals surface area contributed by atoms with Gasteiger partial charge in [0, 0.05) is 17.1 Å². The van der Waals surface area contributed by atoms with Gasteiger partial charge in [0.25, 0.3) is 5.97 Å². The van der Waals surface area contributed by atoms with Crippen LogP contribution in [0, 0.1) is 0 Å². The molecule has 7 nitrogen and oxygen atoms in total. The Morgan fingerprint density at radius 2 is 1.58 bits per heavy atom. The average molecular weight is 491 g/mol. The van der Waals surface area contributed by atoms with Crippen molar-refractivity contribution < 1.29 is 29.7 Å². The molecule has 0 saturated heterocycles. The third-order valence-corrected chi connectivity index (χ3v) is 3.37. The molecular formula is C17H17Br2NO6. The van der Waals surface area contributed by atoms with Gasteiger partial charge in [0.05, 0.1) is 5.33 Å². The van der Waals surface area contributed by atoms with Gasteiger partial charge in [-0.2, -0.15) is 0 Å². The summed E-state index contributed by atoms with van der Waals surface area (Å²) in [6, 6.07) is 13.6. The van der Waals surface area contributed by atoms with E-state index in [1.807, 2.05) is 30.3 Å². The third kappa shape index (κ3) is 11.2. The molecule has 0 saturated carbocycles. The van der Waals surface area contributed by atoms with Crippen LogP contribution in [-0.2, 0) is 9.59 Å². The van der Waals surface area contributed by atoms with E-state index in [0.717, 1.165) is 12.6 Å². The van der Waals surface area contributed by atoms with E-state index in [1.54, 1.807) is 6.07 Å². The van der Waals surface area contributed by atoms with Crippen LogP contribution in [0.2, 0.25) is 0 Å². The lowest BCUT2D eigenvalue weighted by atomic mass is 10.2. The second-order valence-corrected chi connectivity index (χ2v) is 6.01. The van der Waals surface area contributed by atoms with Crippen LogP contribution in [0.15, 0.2) is 53.0 Å². The monoisotopic (exact) mass is 489 g/mol. The molecule has 0 aliphatic rings. The van der Waals surface area contributed by atoms with Crippen molar-refractivity contribution in [1.29, 1.82) is 0 Å². The fourth-order valence-electron chi connectivity index (χ4n) is 1.40. The van der Waals surface area contributed by atoms with Gasteiger partial charge in [0.2, 0.25) is 5.91 Å². The Labute approximate surface area is 166 Å². The number of rotatable bonds is 3. The van der Waals surface area contributed by atoms with Crippen molar-refractivity contribution in [1.82, 2.24) is 0 Å². The minimum Gasteiger partial charge on any atom is -0.507 e. The summed E-state index contributed by atoms with van der Waals surface area (Å²) in [4.78, 5) is 30.2. The third-order valence-electron chi connectivity index (χ3n) is 2.37. The number of nitrogens with one attached hydrogen (secondary N) is 1. The number of hydrogen-bond acceptors (Lipinski definition) is 4. The number of anilines is 1. The zero-order valence-electron chi connectivity index (χ0n) is 13.6. The van der Waals surface area contributed by atoms with Crippen molar-refractivity contribution in [3.8, 4) is 5.75 Å². The highest BCUT2D eigenvalue weighted by Gasteiger charge is 2.08. The first-order valence-corrected chi connectivity index (χ1v) is 8.91. The number of para-hydroxylation sites is 1. The van der Waals surface area contributed by atoms with Gasteiger partial charge >= 0.3 is 5.97 Å². The quantitative estimate of drug-likeness (QED) is 0.482. The molecule has 2 aromatic carbocycles. The number of hydrogen-bond donors (Lipinski definition) is 4. The van der Waals surface area contributed by atoms with Crippen molar-refractivity contribution in [2.24, 2.45) is 0 Å². The molecule has 0 spiro atoms. The van der Waals surface area contributed by atoms with Gasteiger partial charge in [0.1, 0.15) is 11.3 Å². The molecule has 0 aromatic heterocycles. The van der Waals surface area contributed by atoms with Gasteiger partial charge < -0.3 is 20.6 Å². The van der Waals surface area contributed by atoms with E-state index in [1.165, 1.54) is 12.1 Å². The number of benzene rings is 2. The number of carbonyl (C=O) groups is 3. The van der Waals surface area contributed by atoms with E-state index >= 15 is 0 Å². The van der Waals surface area contributed by atoms with Crippen LogP contribution in [0.1, 0.15) is 17.3 Å². The molecule has 0 radical (unpaired) electrons. The van der Waals surface area contributed by atoms with Crippen molar-refractivity contribution >= 4 is 55.4 Å². The van der Waals surface area contributed by atoms with Gasteiger partial charge in [-0.25, -0.2) is 4.79 Å². The Hall–Kier alpha value is -2.39. The molecule has 0 bridgehead atoms. The van der Waals surface area contributed by atoms with E-state index in [4.69, 9.17) is 20.1 Å². The Kier molecular flexibility index (Phi) is 11.7. The lowest BCUT2D eigenvalue weighted by Gasteiger charge is -2.00. The Morgan fingerprint density at radius 1 is 1.04 bits per heavy atom. The highest BCUT2D eigenvalue weighted by molar-refractivity contribution is 9.10. The number of aromatic carboxylic acids is 1. The molecule has 0 atom stereocenters. The van der Waals surface area contributed by atoms with Crippen LogP contribution in [0.25, 0.3) is 0 Å². The van der Waals surface area contributed by atoms with Gasteiger partial charge in [0.15, 0.2) is 0 Å². The van der Waals surface area contributed by atoms with Crippen LogP contribution in [-0.4, -0.2) is 38.5 Å². The number of alkyl halides is 1. The lowest BCUT2D eigenvalue weighted by molar-refractivity contribution is -0.134. The standard InChI is InChI=1S/C8H8BrNO.C7H5BrO3.C2H4O2/c9-6-8(11)10-7-4-2-1-3-5-7;8-4-1-2-6(9)5(3-4)7(10)11;1-2(3)4/h1-5H,6H2,(H,10,11);1-3,9H,(H,10,11);1H3,(H,3,4). The number of halogens is 2. The SMILES string of the molecule is CC(=O)O.O=C(CBr)Nc1ccccc1.O=C(O)c1cc(Br)ccc1O. The molecule has 0 unspecified atom stereocenters. The summed E-state index contributed by atoms with van der Waals surface area (Å²) in [5.74, 6) is -2.22. The van der Waals surface area contributed by atoms with E-state index in [-0.39, 0.29) is 17.2 Å². The van der Waals surface area contributed by atoms with Crippen molar-refractivity contribution in [3.05, 3.63) is 58.6 Å². The Bertz CT molecular complexity index is 733. The molecule has 9 heteroatoms. The summed E-state index contributed by atoms with van der Waals surface area (Å²) in [5, 5.41) is 28.0. The van der Waals surface area contributed by atoms with Gasteiger partial charge in [-0.05, 0) is 30.3 Å². The first-order chi connectivity index (χ1) is 12.2. The van der Waals surface area contributed by atoms with Gasteiger partial charge in [-0.1, -0.05) is 50.1 Å². The number of aromatic hydroxyl groups is 1. The summed E-state index contributed by atoms with van der Waals surface area (Å²) >= 11 is 6.15. The van der Waals surface area contributed by atoms with Gasteiger partial charge in [-0.15, -0.1) is 0 Å². The molecule has 1 amide bonds. The largest absolute Gasteiger partial charge is 0.507 e. The fraction of sp³-hybridized carbons (Fsp3) is 0.118. The topological polar surface area (TPSA) is 124 Å². The van der Waals surface area contributed by atoms with Crippen LogP contribution in [0.3, 0.4) is 0 Å². The highest BCUT2D eigenvalue weighted by Crippen LogP contribution is 2.21. The number of carbonyl (C=O) groups excluding carboxylic acids is 1. The second kappa shape index (κ2) is 12.9. The fourth-order valence-corrected chi connectivity index (χ4v) is 1.90. The van der Waals surface area contributed by atoms with E-state index in [0.29, 0.717) is 9.80 Å². The Balaban J connectivity index is 0.000000401. The summed E-state index contributed by atoms with van der Waals surface area (Å²) in [6.07, 6.45) is 0. The minimum absolute atomic E-state index is 0.0313. The summed E-state index contributed by atoms with van der Waals surface area (Å²) in [7, 11) is 0. The van der Waals surface area contributed by atoms with E-state index in [9.17, 15) is 9.59 Å². The summed E-state index contributed by atoms with van der Waals surface area (Å²) in [6.45, 7) is 1.08. The zero-order chi connectivity index (χ0) is 20.1. The summed E-state index contributed by atoms with van der Waals surface area (Å²) < 4.78 is 0.632. The highest BCUT2D eigenvalue weighted by atomic mass is 79.9. The molecule has 4 N–H and O–H groups in total. The Morgan fingerprint density at radius 3 is 2.00 bits per heavy atom. The molecule has 0 heterocycles. The summed E-state index contributed by atoms with van der Waals surface area (Å²) in [5.41, 5.74) is 0.733. The number of aliphatic carboxylic acids is 1. The van der Waals surface area contributed by atoms with Crippen molar-refractivity contribution in [2.75, 3.05) is 10.6 Å². The maximum atomic E-state index is 10.8. The van der Waals surface area contributed by atoms with Crippen LogP contribution >= 0.6 is 31.9 Å². The van der Waals surface area contributed by atoms with Crippen molar-refractivity contribution in [3.63, 3.8) is 0 Å². The maximum absolute atomic E-state index is 10.8. The van der Waals surface area contributed by atoms with E-state index in [2.05, 4.69) is 37.2 Å². The van der Waals surface area contributed by atoms with Crippen LogP contribution in [0.5, 0.6) is 5.75 Å². The van der Waals surface area contributed by atoms with E-state index < -0.39 is 11.9 Å². The molecule has 0 aliphatic carbocycles. The number of carboxylic acids is 2. The van der Waals surface area contributed by atoms with Crippen LogP contribution in [0.4, 0.5) is 5.69 Å². The lowest BCUT2D eigenvalue weighted by Crippen LogP contribution is -2.11. The molecule has 0 aliphatic heterocycles. The molecule has 0 fully saturated rings. The minimum atomic E-state index is -1.14. The number of amides is 1. The maximum Gasteiger partial charge on any atom is 0.339 e. The first kappa shape index (κ1) is 23.6. The molecular weight excluding hydrogens is 474 g/mol. The smallest absolute Gasteiger partial charge is 0.339 e. The molecule has 26 heavy (non-hydrogen) atoms. The number of carboxylic acid groups (broad SMARTS) is 2. The predicted octanol–water partition coefficient (Wildman–Crippen LogP) is 3.96. The first-order valence-electron chi connectivity index (χ1n) is 6.99. The van der Waals surface area contributed by atoms with Crippen LogP contribution < -0.4 is 5.32 Å². The molecule has 140 valence electrons.